The summed E-state index contributed by atoms with van der Waals surface area (Å²) in [6, 6.07) is 8.29. The summed E-state index contributed by atoms with van der Waals surface area (Å²) in [6.07, 6.45) is 7.43. The molecular weight excluding hydrogens is 421 g/mol. The van der Waals surface area contributed by atoms with E-state index >= 15 is 0 Å². The van der Waals surface area contributed by atoms with Crippen LogP contribution in [0.5, 0.6) is 5.75 Å². The molecule has 6 heteroatoms. The third kappa shape index (κ3) is 7.20. The molecule has 2 N–H and O–H groups in total. The largest absolute Gasteiger partial charge is 0.490 e. The second-order valence-electron chi connectivity index (χ2n) is 5.48. The topological polar surface area (TPSA) is 45.7 Å². The lowest BCUT2D eigenvalue weighted by Crippen LogP contribution is -2.38. The van der Waals surface area contributed by atoms with Crippen LogP contribution < -0.4 is 15.4 Å². The number of hydrogen-bond donors (Lipinski definition) is 2. The van der Waals surface area contributed by atoms with Gasteiger partial charge in [0.05, 0.1) is 6.10 Å². The number of nitrogens with zero attached hydrogens (tertiary/aromatic N) is 1. The summed E-state index contributed by atoms with van der Waals surface area (Å²) in [5, 5.41) is 6.67. The van der Waals surface area contributed by atoms with Gasteiger partial charge in [-0.05, 0) is 38.0 Å². The minimum absolute atomic E-state index is 0. The SMILES string of the molecule is CN=C(NCCSC)NCc1ccccc1OC1CCCC1.I. The van der Waals surface area contributed by atoms with E-state index in [4.69, 9.17) is 4.74 Å². The van der Waals surface area contributed by atoms with E-state index in [2.05, 4.69) is 40.1 Å². The van der Waals surface area contributed by atoms with Gasteiger partial charge in [0, 0.05) is 31.5 Å². The van der Waals surface area contributed by atoms with Gasteiger partial charge in [0.2, 0.25) is 0 Å². The number of ether oxygens (including phenoxy) is 1. The van der Waals surface area contributed by atoms with Crippen molar-refractivity contribution in [2.75, 3.05) is 25.6 Å². The van der Waals surface area contributed by atoms with E-state index < -0.39 is 0 Å². The molecule has 0 unspecified atom stereocenters. The van der Waals surface area contributed by atoms with Crippen molar-refractivity contribution in [1.29, 1.82) is 0 Å². The lowest BCUT2D eigenvalue weighted by Gasteiger charge is -2.17. The lowest BCUT2D eigenvalue weighted by atomic mass is 10.2. The molecule has 1 aromatic rings. The van der Waals surface area contributed by atoms with E-state index in [-0.39, 0.29) is 24.0 Å². The number of rotatable bonds is 7. The van der Waals surface area contributed by atoms with Crippen molar-refractivity contribution in [1.82, 2.24) is 10.6 Å². The molecule has 1 aliphatic carbocycles. The van der Waals surface area contributed by atoms with Crippen molar-refractivity contribution in [3.05, 3.63) is 29.8 Å². The van der Waals surface area contributed by atoms with Gasteiger partial charge < -0.3 is 15.4 Å². The van der Waals surface area contributed by atoms with Crippen LogP contribution in [0.3, 0.4) is 0 Å². The van der Waals surface area contributed by atoms with Gasteiger partial charge in [-0.3, -0.25) is 4.99 Å². The van der Waals surface area contributed by atoms with Gasteiger partial charge in [0.1, 0.15) is 5.75 Å². The van der Waals surface area contributed by atoms with Crippen LogP contribution in [0.1, 0.15) is 31.2 Å². The molecule has 2 rings (SSSR count). The highest BCUT2D eigenvalue weighted by Gasteiger charge is 2.17. The van der Waals surface area contributed by atoms with Crippen molar-refractivity contribution in [2.45, 2.75) is 38.3 Å². The molecule has 0 saturated heterocycles. The third-order valence-electron chi connectivity index (χ3n) is 3.84. The van der Waals surface area contributed by atoms with Crippen LogP contribution in [0.25, 0.3) is 0 Å². The molecule has 0 aliphatic heterocycles. The molecular formula is C17H28IN3OS. The molecule has 0 bridgehead atoms. The van der Waals surface area contributed by atoms with Crippen LogP contribution in [0.2, 0.25) is 0 Å². The monoisotopic (exact) mass is 449 g/mol. The Bertz CT molecular complexity index is 479. The quantitative estimate of drug-likeness (QED) is 0.289. The molecule has 0 radical (unpaired) electrons. The van der Waals surface area contributed by atoms with Gasteiger partial charge in [-0.15, -0.1) is 24.0 Å². The summed E-state index contributed by atoms with van der Waals surface area (Å²) in [5.74, 6) is 2.91. The van der Waals surface area contributed by atoms with Crippen LogP contribution in [-0.4, -0.2) is 37.7 Å². The van der Waals surface area contributed by atoms with Crippen LogP contribution >= 0.6 is 35.7 Å². The number of hydrogen-bond acceptors (Lipinski definition) is 3. The van der Waals surface area contributed by atoms with Crippen molar-refractivity contribution in [3.8, 4) is 5.75 Å². The Hall–Kier alpha value is -0.630. The second kappa shape index (κ2) is 11.8. The van der Waals surface area contributed by atoms with E-state index in [9.17, 15) is 0 Å². The van der Waals surface area contributed by atoms with Gasteiger partial charge in [-0.2, -0.15) is 11.8 Å². The fraction of sp³-hybridized carbons (Fsp3) is 0.588. The number of guanidine groups is 1. The van der Waals surface area contributed by atoms with Crippen LogP contribution in [0.15, 0.2) is 29.3 Å². The van der Waals surface area contributed by atoms with Gasteiger partial charge >= 0.3 is 0 Å². The van der Waals surface area contributed by atoms with Gasteiger partial charge in [0.15, 0.2) is 5.96 Å². The molecule has 0 amide bonds. The van der Waals surface area contributed by atoms with Crippen molar-refractivity contribution in [3.63, 3.8) is 0 Å². The molecule has 0 atom stereocenters. The molecule has 0 aromatic heterocycles. The third-order valence-corrected chi connectivity index (χ3v) is 4.45. The highest BCUT2D eigenvalue weighted by atomic mass is 127. The van der Waals surface area contributed by atoms with Crippen molar-refractivity contribution >= 4 is 41.7 Å². The lowest BCUT2D eigenvalue weighted by molar-refractivity contribution is 0.208. The molecule has 1 aromatic carbocycles. The number of nitrogens with one attached hydrogen (secondary N) is 2. The van der Waals surface area contributed by atoms with Crippen LogP contribution in [0, 0.1) is 0 Å². The molecule has 23 heavy (non-hydrogen) atoms. The zero-order valence-electron chi connectivity index (χ0n) is 14.0. The van der Waals surface area contributed by atoms with Crippen molar-refractivity contribution < 1.29 is 4.74 Å². The minimum atomic E-state index is 0. The zero-order chi connectivity index (χ0) is 15.6. The maximum Gasteiger partial charge on any atom is 0.191 e. The fourth-order valence-corrected chi connectivity index (χ4v) is 2.93. The predicted molar refractivity (Wildman–Crippen MR) is 111 cm³/mol. The highest BCUT2D eigenvalue weighted by Crippen LogP contribution is 2.26. The van der Waals surface area contributed by atoms with E-state index in [1.165, 1.54) is 31.2 Å². The van der Waals surface area contributed by atoms with E-state index in [1.807, 2.05) is 17.8 Å². The summed E-state index contributed by atoms with van der Waals surface area (Å²) >= 11 is 1.82. The molecule has 130 valence electrons. The Morgan fingerprint density at radius 3 is 2.70 bits per heavy atom. The predicted octanol–water partition coefficient (Wildman–Crippen LogP) is 3.65. The van der Waals surface area contributed by atoms with Crippen molar-refractivity contribution in [2.24, 2.45) is 4.99 Å². The number of benzene rings is 1. The number of aliphatic imine (C=N–C) groups is 1. The average Bonchev–Trinajstić information content (AvgIpc) is 3.05. The van der Waals surface area contributed by atoms with Gasteiger partial charge in [-0.25, -0.2) is 0 Å². The Morgan fingerprint density at radius 2 is 2.00 bits per heavy atom. The maximum atomic E-state index is 6.17. The molecule has 1 fully saturated rings. The standard InChI is InChI=1S/C17H27N3OS.HI/c1-18-17(19-11-12-22-2)20-13-14-7-3-6-10-16(14)21-15-8-4-5-9-15;/h3,6-7,10,15H,4-5,8-9,11-13H2,1-2H3,(H2,18,19,20);1H. The Labute approximate surface area is 161 Å². The van der Waals surface area contributed by atoms with Gasteiger partial charge in [-0.1, -0.05) is 18.2 Å². The summed E-state index contributed by atoms with van der Waals surface area (Å²) in [6.45, 7) is 1.64. The van der Waals surface area contributed by atoms with Crippen LogP contribution in [0.4, 0.5) is 0 Å². The van der Waals surface area contributed by atoms with E-state index in [0.717, 1.165) is 30.6 Å². The normalized spacial score (nSPS) is 15.1. The molecule has 0 heterocycles. The Morgan fingerprint density at radius 1 is 1.26 bits per heavy atom. The smallest absolute Gasteiger partial charge is 0.191 e. The summed E-state index contributed by atoms with van der Waals surface area (Å²) in [7, 11) is 1.80. The first-order valence-electron chi connectivity index (χ1n) is 8.01. The molecule has 1 saturated carbocycles. The summed E-state index contributed by atoms with van der Waals surface area (Å²) in [5.41, 5.74) is 1.18. The number of halogens is 1. The summed E-state index contributed by atoms with van der Waals surface area (Å²) in [4.78, 5) is 4.25. The Balaban J connectivity index is 0.00000264. The van der Waals surface area contributed by atoms with E-state index in [1.54, 1.807) is 7.05 Å². The van der Waals surface area contributed by atoms with Gasteiger partial charge in [0.25, 0.3) is 0 Å². The number of thioether (sulfide) groups is 1. The zero-order valence-corrected chi connectivity index (χ0v) is 17.2. The first kappa shape index (κ1) is 20.4. The fourth-order valence-electron chi connectivity index (χ4n) is 2.62. The first-order chi connectivity index (χ1) is 10.8. The summed E-state index contributed by atoms with van der Waals surface area (Å²) < 4.78 is 6.17. The van der Waals surface area contributed by atoms with Crippen LogP contribution in [-0.2, 0) is 6.54 Å². The molecule has 0 spiro atoms. The Kier molecular flexibility index (Phi) is 10.5. The number of para-hydroxylation sites is 1. The second-order valence-corrected chi connectivity index (χ2v) is 6.46. The first-order valence-corrected chi connectivity index (χ1v) is 9.41. The minimum Gasteiger partial charge on any atom is -0.490 e. The maximum absolute atomic E-state index is 6.17. The highest BCUT2D eigenvalue weighted by molar-refractivity contribution is 14.0. The molecule has 1 aliphatic rings. The molecule has 4 nitrogen and oxygen atoms in total. The van der Waals surface area contributed by atoms with E-state index in [0.29, 0.717) is 6.10 Å². The average molecular weight is 449 g/mol.